The van der Waals surface area contributed by atoms with Gasteiger partial charge in [-0.15, -0.1) is 0 Å². The summed E-state index contributed by atoms with van der Waals surface area (Å²) in [5.41, 5.74) is 2.24. The maximum atomic E-state index is 9.22. The summed E-state index contributed by atoms with van der Waals surface area (Å²) in [6.45, 7) is 4.00. The third-order valence-corrected chi connectivity index (χ3v) is 3.24. The predicted octanol–water partition coefficient (Wildman–Crippen LogP) is 3.27. The third kappa shape index (κ3) is 4.94. The molecule has 108 valence electrons. The molecule has 0 fully saturated rings. The molecule has 1 N–H and O–H groups in total. The highest BCUT2D eigenvalue weighted by molar-refractivity contribution is 5.27. The number of hydrogen-bond acceptors (Lipinski definition) is 3. The topological polar surface area (TPSA) is 45.0 Å². The van der Waals surface area contributed by atoms with E-state index in [9.17, 15) is 5.26 Å². The lowest BCUT2D eigenvalue weighted by Crippen LogP contribution is -2.25. The molecule has 21 heavy (non-hydrogen) atoms. The molecule has 0 amide bonds. The number of ether oxygens (including phenoxy) is 1. The maximum Gasteiger partial charge on any atom is 0.119 e. The Hall–Kier alpha value is -2.31. The highest BCUT2D eigenvalue weighted by Gasteiger charge is 2.08. The molecular formula is C18H20N2O. The zero-order valence-corrected chi connectivity index (χ0v) is 12.3. The minimum Gasteiger partial charge on any atom is -0.492 e. The van der Waals surface area contributed by atoms with Crippen LogP contribution in [-0.4, -0.2) is 19.7 Å². The Bertz CT molecular complexity index is 590. The minimum atomic E-state index is -0.120. The molecule has 0 saturated heterocycles. The number of rotatable bonds is 7. The predicted molar refractivity (Wildman–Crippen MR) is 84.3 cm³/mol. The van der Waals surface area contributed by atoms with E-state index in [-0.39, 0.29) is 5.92 Å². The average Bonchev–Trinajstić information content (AvgIpc) is 2.52. The number of benzene rings is 2. The Labute approximate surface area is 126 Å². The molecule has 0 aromatic heterocycles. The molecule has 1 unspecified atom stereocenters. The van der Waals surface area contributed by atoms with Gasteiger partial charge in [0, 0.05) is 13.1 Å². The first-order chi connectivity index (χ1) is 10.3. The second-order valence-corrected chi connectivity index (χ2v) is 4.96. The number of nitrogens with zero attached hydrogens (tertiary/aromatic N) is 1. The molecule has 0 saturated carbocycles. The summed E-state index contributed by atoms with van der Waals surface area (Å²) in [4.78, 5) is 0. The van der Waals surface area contributed by atoms with E-state index in [1.54, 1.807) is 0 Å². The number of nitrogens with one attached hydrogen (secondary N) is 1. The van der Waals surface area contributed by atoms with Crippen molar-refractivity contribution in [2.24, 2.45) is 0 Å². The average molecular weight is 280 g/mol. The zero-order valence-electron chi connectivity index (χ0n) is 12.3. The lowest BCUT2D eigenvalue weighted by atomic mass is 10.0. The van der Waals surface area contributed by atoms with Gasteiger partial charge in [-0.05, 0) is 30.2 Å². The fourth-order valence-electron chi connectivity index (χ4n) is 2.12. The van der Waals surface area contributed by atoms with E-state index in [4.69, 9.17) is 4.74 Å². The summed E-state index contributed by atoms with van der Waals surface area (Å²) in [7, 11) is 0. The normalized spacial score (nSPS) is 11.6. The van der Waals surface area contributed by atoms with Crippen LogP contribution >= 0.6 is 0 Å². The van der Waals surface area contributed by atoms with Crippen LogP contribution in [0.1, 0.15) is 17.0 Å². The molecule has 0 bridgehead atoms. The van der Waals surface area contributed by atoms with Crippen LogP contribution in [0.3, 0.4) is 0 Å². The summed E-state index contributed by atoms with van der Waals surface area (Å²) < 4.78 is 5.66. The van der Waals surface area contributed by atoms with Crippen LogP contribution in [0.25, 0.3) is 0 Å². The van der Waals surface area contributed by atoms with Crippen molar-refractivity contribution < 1.29 is 4.74 Å². The molecule has 2 rings (SSSR count). The zero-order chi connectivity index (χ0) is 14.9. The van der Waals surface area contributed by atoms with Gasteiger partial charge >= 0.3 is 0 Å². The van der Waals surface area contributed by atoms with E-state index in [1.165, 1.54) is 5.56 Å². The fourth-order valence-corrected chi connectivity index (χ4v) is 2.12. The molecule has 0 aliphatic rings. The summed E-state index contributed by atoms with van der Waals surface area (Å²) >= 11 is 0. The van der Waals surface area contributed by atoms with Crippen LogP contribution in [0.5, 0.6) is 5.75 Å². The van der Waals surface area contributed by atoms with Gasteiger partial charge < -0.3 is 10.1 Å². The van der Waals surface area contributed by atoms with Gasteiger partial charge in [0.15, 0.2) is 0 Å². The van der Waals surface area contributed by atoms with Gasteiger partial charge in [-0.3, -0.25) is 0 Å². The fraction of sp³-hybridized carbons (Fsp3) is 0.278. The van der Waals surface area contributed by atoms with E-state index < -0.39 is 0 Å². The van der Waals surface area contributed by atoms with Crippen molar-refractivity contribution in [2.75, 3.05) is 19.7 Å². The standard InChI is InChI=1S/C18H20N2O/c1-15-6-5-9-18(12-15)21-11-10-20-14-17(13-19)16-7-3-2-4-8-16/h2-9,12,17,20H,10-11,14H2,1H3. The van der Waals surface area contributed by atoms with Crippen LogP contribution < -0.4 is 10.1 Å². The summed E-state index contributed by atoms with van der Waals surface area (Å²) in [6.07, 6.45) is 0. The van der Waals surface area contributed by atoms with Crippen LogP contribution in [0.4, 0.5) is 0 Å². The van der Waals surface area contributed by atoms with E-state index in [2.05, 4.69) is 11.4 Å². The first-order valence-electron chi connectivity index (χ1n) is 7.14. The van der Waals surface area contributed by atoms with E-state index in [0.29, 0.717) is 13.2 Å². The molecule has 1 atom stereocenters. The van der Waals surface area contributed by atoms with Gasteiger partial charge in [0.1, 0.15) is 12.4 Å². The van der Waals surface area contributed by atoms with Gasteiger partial charge in [0.25, 0.3) is 0 Å². The van der Waals surface area contributed by atoms with Gasteiger partial charge in [0.05, 0.1) is 12.0 Å². The lowest BCUT2D eigenvalue weighted by Gasteiger charge is -2.11. The van der Waals surface area contributed by atoms with Crippen molar-refractivity contribution in [3.8, 4) is 11.8 Å². The Morgan fingerprint density at radius 2 is 1.95 bits per heavy atom. The van der Waals surface area contributed by atoms with Crippen molar-refractivity contribution in [1.29, 1.82) is 5.26 Å². The highest BCUT2D eigenvalue weighted by atomic mass is 16.5. The first kappa shape index (κ1) is 15.1. The SMILES string of the molecule is Cc1cccc(OCCNCC(C#N)c2ccccc2)c1. The van der Waals surface area contributed by atoms with Crippen molar-refractivity contribution >= 4 is 0 Å². The monoisotopic (exact) mass is 280 g/mol. The van der Waals surface area contributed by atoms with E-state index in [0.717, 1.165) is 17.9 Å². The number of aryl methyl sites for hydroxylation is 1. The Morgan fingerprint density at radius 1 is 1.14 bits per heavy atom. The lowest BCUT2D eigenvalue weighted by molar-refractivity contribution is 0.313. The highest BCUT2D eigenvalue weighted by Crippen LogP contribution is 2.13. The Morgan fingerprint density at radius 3 is 2.67 bits per heavy atom. The molecule has 2 aromatic carbocycles. The van der Waals surface area contributed by atoms with Crippen LogP contribution in [0.15, 0.2) is 54.6 Å². The van der Waals surface area contributed by atoms with E-state index in [1.807, 2.05) is 61.5 Å². The largest absolute Gasteiger partial charge is 0.492 e. The third-order valence-electron chi connectivity index (χ3n) is 3.24. The number of hydrogen-bond donors (Lipinski definition) is 1. The molecule has 0 aliphatic carbocycles. The molecule has 0 heterocycles. The molecule has 0 spiro atoms. The van der Waals surface area contributed by atoms with Crippen LogP contribution in [0.2, 0.25) is 0 Å². The van der Waals surface area contributed by atoms with Crippen molar-refractivity contribution in [3.63, 3.8) is 0 Å². The molecule has 3 nitrogen and oxygen atoms in total. The summed E-state index contributed by atoms with van der Waals surface area (Å²) in [5, 5.41) is 12.5. The summed E-state index contributed by atoms with van der Waals surface area (Å²) in [6, 6.07) is 20.2. The second kappa shape index (κ2) is 8.08. The van der Waals surface area contributed by atoms with Gasteiger partial charge in [-0.1, -0.05) is 42.5 Å². The summed E-state index contributed by atoms with van der Waals surface area (Å²) in [5.74, 6) is 0.766. The van der Waals surface area contributed by atoms with Crippen molar-refractivity contribution in [2.45, 2.75) is 12.8 Å². The smallest absolute Gasteiger partial charge is 0.119 e. The molecular weight excluding hydrogens is 260 g/mol. The van der Waals surface area contributed by atoms with E-state index >= 15 is 0 Å². The minimum absolute atomic E-state index is 0.120. The molecule has 0 radical (unpaired) electrons. The van der Waals surface area contributed by atoms with Gasteiger partial charge in [-0.2, -0.15) is 5.26 Å². The second-order valence-electron chi connectivity index (χ2n) is 4.96. The van der Waals surface area contributed by atoms with Crippen LogP contribution in [0, 0.1) is 18.3 Å². The molecule has 3 heteroatoms. The quantitative estimate of drug-likeness (QED) is 0.792. The Kier molecular flexibility index (Phi) is 5.81. The molecule has 0 aliphatic heterocycles. The van der Waals surface area contributed by atoms with Crippen molar-refractivity contribution in [1.82, 2.24) is 5.32 Å². The van der Waals surface area contributed by atoms with Crippen LogP contribution in [-0.2, 0) is 0 Å². The maximum absolute atomic E-state index is 9.22. The molecule has 2 aromatic rings. The van der Waals surface area contributed by atoms with Crippen molar-refractivity contribution in [3.05, 3.63) is 65.7 Å². The first-order valence-corrected chi connectivity index (χ1v) is 7.14. The number of nitriles is 1. The van der Waals surface area contributed by atoms with Gasteiger partial charge in [-0.25, -0.2) is 0 Å². The van der Waals surface area contributed by atoms with Gasteiger partial charge in [0.2, 0.25) is 0 Å². The Balaban J connectivity index is 1.71.